The number of rotatable bonds is 8. The highest BCUT2D eigenvalue weighted by atomic mass is 16.5. The Balaban J connectivity index is 1.31. The fourth-order valence-electron chi connectivity index (χ4n) is 3.03. The zero-order chi connectivity index (χ0) is 21.6. The second kappa shape index (κ2) is 9.19. The Bertz CT molecular complexity index is 1140. The molecule has 3 N–H and O–H groups in total. The third kappa shape index (κ3) is 5.12. The maximum Gasteiger partial charge on any atom is 0.248 e. The quantitative estimate of drug-likeness (QED) is 0.457. The fourth-order valence-corrected chi connectivity index (χ4v) is 3.03. The molecule has 0 aliphatic heterocycles. The molecule has 156 valence electrons. The molecule has 4 aromatic rings. The summed E-state index contributed by atoms with van der Waals surface area (Å²) in [6.45, 7) is 0.226. The van der Waals surface area contributed by atoms with Crippen molar-refractivity contribution in [2.75, 3.05) is 6.61 Å². The summed E-state index contributed by atoms with van der Waals surface area (Å²) in [4.78, 5) is 12.5. The van der Waals surface area contributed by atoms with E-state index in [4.69, 9.17) is 10.5 Å². The van der Waals surface area contributed by atoms with E-state index < -0.39 is 12.0 Å². The van der Waals surface area contributed by atoms with E-state index in [9.17, 15) is 9.90 Å². The molecular formula is C23H21N5O3. The van der Waals surface area contributed by atoms with Gasteiger partial charge < -0.3 is 15.6 Å². The van der Waals surface area contributed by atoms with Crippen LogP contribution in [0, 0.1) is 0 Å². The van der Waals surface area contributed by atoms with Gasteiger partial charge in [0.1, 0.15) is 18.5 Å². The first-order valence-electron chi connectivity index (χ1n) is 9.73. The van der Waals surface area contributed by atoms with Crippen molar-refractivity contribution in [3.63, 3.8) is 0 Å². The molecule has 0 aliphatic carbocycles. The number of carbonyl (C=O) groups excluding carboxylic acids is 1. The standard InChI is InChI=1S/C23H21N5O3/c24-22(30)18-6-8-19(9-7-18)23-25-27-28(26-23)14-20(29)15-31-21-12-10-17(11-13-21)16-4-2-1-3-5-16/h1-13,20,29H,14-15H2,(H2,24,30). The lowest BCUT2D eigenvalue weighted by atomic mass is 10.1. The topological polar surface area (TPSA) is 116 Å². The van der Waals surface area contributed by atoms with Crippen molar-refractivity contribution in [1.29, 1.82) is 0 Å². The van der Waals surface area contributed by atoms with Gasteiger partial charge in [-0.25, -0.2) is 0 Å². The predicted molar refractivity (Wildman–Crippen MR) is 115 cm³/mol. The Labute approximate surface area is 178 Å². The van der Waals surface area contributed by atoms with E-state index in [2.05, 4.69) is 15.4 Å². The number of aromatic nitrogens is 4. The van der Waals surface area contributed by atoms with E-state index in [0.29, 0.717) is 22.7 Å². The van der Waals surface area contributed by atoms with Crippen LogP contribution in [0.2, 0.25) is 0 Å². The normalized spacial score (nSPS) is 11.8. The van der Waals surface area contributed by atoms with E-state index >= 15 is 0 Å². The van der Waals surface area contributed by atoms with E-state index in [0.717, 1.165) is 11.1 Å². The lowest BCUT2D eigenvalue weighted by molar-refractivity contribution is 0.0850. The number of hydrogen-bond donors (Lipinski definition) is 2. The number of nitrogens with two attached hydrogens (primary N) is 1. The molecule has 0 spiro atoms. The van der Waals surface area contributed by atoms with Crippen LogP contribution < -0.4 is 10.5 Å². The van der Waals surface area contributed by atoms with Crippen LogP contribution in [-0.4, -0.2) is 43.9 Å². The molecule has 0 radical (unpaired) electrons. The third-order valence-corrected chi connectivity index (χ3v) is 4.66. The maximum atomic E-state index is 11.2. The number of primary amides is 1. The Kier molecular flexibility index (Phi) is 6.00. The van der Waals surface area contributed by atoms with Gasteiger partial charge in [0.2, 0.25) is 11.7 Å². The average Bonchev–Trinajstić information content (AvgIpc) is 3.27. The number of nitrogens with zero attached hydrogens (tertiary/aromatic N) is 4. The van der Waals surface area contributed by atoms with Crippen LogP contribution in [0.5, 0.6) is 5.75 Å². The number of ether oxygens (including phenoxy) is 1. The molecule has 0 aliphatic rings. The van der Waals surface area contributed by atoms with Crippen molar-refractivity contribution in [2.45, 2.75) is 12.6 Å². The molecule has 8 heteroatoms. The number of aliphatic hydroxyl groups excluding tert-OH is 1. The minimum atomic E-state index is -0.812. The van der Waals surface area contributed by atoms with Crippen molar-refractivity contribution in [2.24, 2.45) is 5.73 Å². The monoisotopic (exact) mass is 415 g/mol. The van der Waals surface area contributed by atoms with Gasteiger partial charge in [0.05, 0.1) is 6.54 Å². The van der Waals surface area contributed by atoms with Gasteiger partial charge in [0.15, 0.2) is 0 Å². The molecule has 0 saturated heterocycles. The highest BCUT2D eigenvalue weighted by Gasteiger charge is 2.12. The van der Waals surface area contributed by atoms with E-state index in [1.807, 2.05) is 54.6 Å². The highest BCUT2D eigenvalue weighted by molar-refractivity contribution is 5.93. The molecule has 4 rings (SSSR count). The second-order valence-corrected chi connectivity index (χ2v) is 6.96. The average molecular weight is 415 g/mol. The molecule has 1 heterocycles. The molecule has 31 heavy (non-hydrogen) atoms. The first-order chi connectivity index (χ1) is 15.1. The van der Waals surface area contributed by atoms with Gasteiger partial charge in [-0.3, -0.25) is 4.79 Å². The Morgan fingerprint density at radius 3 is 2.26 bits per heavy atom. The number of tetrazole rings is 1. The molecule has 1 unspecified atom stereocenters. The van der Waals surface area contributed by atoms with E-state index in [-0.39, 0.29) is 13.2 Å². The van der Waals surface area contributed by atoms with E-state index in [1.165, 1.54) is 4.80 Å². The lowest BCUT2D eigenvalue weighted by Gasteiger charge is -2.12. The van der Waals surface area contributed by atoms with Crippen LogP contribution in [-0.2, 0) is 6.54 Å². The molecule has 1 aromatic heterocycles. The first-order valence-corrected chi connectivity index (χ1v) is 9.73. The summed E-state index contributed by atoms with van der Waals surface area (Å²) in [5.74, 6) is 0.558. The van der Waals surface area contributed by atoms with Crippen molar-refractivity contribution in [3.8, 4) is 28.3 Å². The van der Waals surface area contributed by atoms with Crippen LogP contribution in [0.4, 0.5) is 0 Å². The summed E-state index contributed by atoms with van der Waals surface area (Å²) >= 11 is 0. The number of aliphatic hydroxyl groups is 1. The molecule has 0 fully saturated rings. The number of benzene rings is 3. The Morgan fingerprint density at radius 1 is 0.935 bits per heavy atom. The molecule has 1 amide bonds. The Hall–Kier alpha value is -4.04. The second-order valence-electron chi connectivity index (χ2n) is 6.96. The van der Waals surface area contributed by atoms with Crippen LogP contribution in [0.25, 0.3) is 22.5 Å². The first kappa shape index (κ1) is 20.2. The van der Waals surface area contributed by atoms with Crippen molar-refractivity contribution in [3.05, 3.63) is 84.4 Å². The van der Waals surface area contributed by atoms with Crippen molar-refractivity contribution >= 4 is 5.91 Å². The number of carbonyl (C=O) groups is 1. The molecular weight excluding hydrogens is 394 g/mol. The van der Waals surface area contributed by atoms with Gasteiger partial charge in [-0.1, -0.05) is 54.6 Å². The summed E-state index contributed by atoms with van der Waals surface area (Å²) in [6, 6.07) is 24.4. The van der Waals surface area contributed by atoms with Crippen LogP contribution in [0.3, 0.4) is 0 Å². The Morgan fingerprint density at radius 2 is 1.58 bits per heavy atom. The highest BCUT2D eigenvalue weighted by Crippen LogP contribution is 2.22. The van der Waals surface area contributed by atoms with Gasteiger partial charge in [0, 0.05) is 11.1 Å². The maximum absolute atomic E-state index is 11.2. The predicted octanol–water partition coefficient (Wildman–Crippen LogP) is 2.55. The van der Waals surface area contributed by atoms with Gasteiger partial charge in [0.25, 0.3) is 0 Å². The minimum absolute atomic E-state index is 0.0921. The number of hydrogen-bond acceptors (Lipinski definition) is 6. The van der Waals surface area contributed by atoms with Crippen molar-refractivity contribution < 1.29 is 14.6 Å². The van der Waals surface area contributed by atoms with Gasteiger partial charge in [-0.2, -0.15) is 4.80 Å². The fraction of sp³-hybridized carbons (Fsp3) is 0.130. The molecule has 8 nitrogen and oxygen atoms in total. The summed E-state index contributed by atoms with van der Waals surface area (Å²) in [6.07, 6.45) is -0.812. The molecule has 0 saturated carbocycles. The number of amides is 1. The van der Waals surface area contributed by atoms with Gasteiger partial charge in [-0.05, 0) is 40.6 Å². The summed E-state index contributed by atoms with van der Waals surface area (Å²) < 4.78 is 5.67. The summed E-state index contributed by atoms with van der Waals surface area (Å²) in [5, 5.41) is 22.5. The largest absolute Gasteiger partial charge is 0.491 e. The molecule has 1 atom stereocenters. The van der Waals surface area contributed by atoms with Crippen LogP contribution >= 0.6 is 0 Å². The van der Waals surface area contributed by atoms with Crippen molar-refractivity contribution in [1.82, 2.24) is 20.2 Å². The summed E-state index contributed by atoms with van der Waals surface area (Å²) in [5.41, 5.74) is 8.56. The third-order valence-electron chi connectivity index (χ3n) is 4.66. The molecule has 0 bridgehead atoms. The zero-order valence-electron chi connectivity index (χ0n) is 16.6. The zero-order valence-corrected chi connectivity index (χ0v) is 16.6. The summed E-state index contributed by atoms with van der Waals surface area (Å²) in [7, 11) is 0. The van der Waals surface area contributed by atoms with Crippen LogP contribution in [0.1, 0.15) is 10.4 Å². The lowest BCUT2D eigenvalue weighted by Crippen LogP contribution is -2.24. The minimum Gasteiger partial charge on any atom is -0.491 e. The van der Waals surface area contributed by atoms with Gasteiger partial charge in [-0.15, -0.1) is 10.2 Å². The SMILES string of the molecule is NC(=O)c1ccc(-c2nnn(CC(O)COc3ccc(-c4ccccc4)cc3)n2)cc1. The van der Waals surface area contributed by atoms with Crippen LogP contribution in [0.15, 0.2) is 78.9 Å². The smallest absolute Gasteiger partial charge is 0.248 e. The van der Waals surface area contributed by atoms with E-state index in [1.54, 1.807) is 24.3 Å². The van der Waals surface area contributed by atoms with Gasteiger partial charge >= 0.3 is 0 Å². The molecule has 3 aromatic carbocycles.